The van der Waals surface area contributed by atoms with Crippen LogP contribution in [-0.4, -0.2) is 37.1 Å². The third-order valence-electron chi connectivity index (χ3n) is 3.72. The predicted molar refractivity (Wildman–Crippen MR) is 84.4 cm³/mol. The van der Waals surface area contributed by atoms with E-state index in [0.717, 1.165) is 0 Å². The van der Waals surface area contributed by atoms with Crippen LogP contribution in [-0.2, 0) is 9.84 Å². The van der Waals surface area contributed by atoms with Gasteiger partial charge in [0.05, 0.1) is 16.4 Å². The zero-order chi connectivity index (χ0) is 16.6. The van der Waals surface area contributed by atoms with E-state index in [9.17, 15) is 23.4 Å². The number of benzene rings is 2. The Labute approximate surface area is 133 Å². The summed E-state index contributed by atoms with van der Waals surface area (Å²) in [5.74, 6) is -0.482. The van der Waals surface area contributed by atoms with Gasteiger partial charge >= 0.3 is 0 Å². The van der Waals surface area contributed by atoms with Crippen molar-refractivity contribution in [2.45, 2.75) is 11.0 Å². The van der Waals surface area contributed by atoms with E-state index in [2.05, 4.69) is 0 Å². The Bertz CT molecular complexity index is 898. The van der Waals surface area contributed by atoms with Gasteiger partial charge in [-0.25, -0.2) is 8.42 Å². The first-order valence-electron chi connectivity index (χ1n) is 6.96. The lowest BCUT2D eigenvalue weighted by molar-refractivity contribution is 0.104. The van der Waals surface area contributed by atoms with Gasteiger partial charge in [0, 0.05) is 11.1 Å². The van der Waals surface area contributed by atoms with Crippen molar-refractivity contribution in [1.29, 1.82) is 0 Å². The minimum absolute atomic E-state index is 0.0697. The number of allylic oxidation sites excluding steroid dienone is 1. The third-order valence-corrected chi connectivity index (χ3v) is 5.71. The molecule has 2 aromatic carbocycles. The van der Waals surface area contributed by atoms with Gasteiger partial charge in [-0.05, 0) is 17.7 Å². The van der Waals surface area contributed by atoms with Crippen LogP contribution in [0.15, 0.2) is 64.4 Å². The first-order chi connectivity index (χ1) is 11.0. The summed E-state index contributed by atoms with van der Waals surface area (Å²) in [6.45, 7) is -0.791. The molecule has 0 bridgehead atoms. The molecule has 0 aromatic heterocycles. The first kappa shape index (κ1) is 15.6. The molecule has 1 unspecified atom stereocenters. The fourth-order valence-electron chi connectivity index (χ4n) is 2.69. The van der Waals surface area contributed by atoms with E-state index in [4.69, 9.17) is 0 Å². The predicted octanol–water partition coefficient (Wildman–Crippen LogP) is 1.42. The minimum atomic E-state index is -4.08. The molecule has 0 spiro atoms. The van der Waals surface area contributed by atoms with E-state index in [1.165, 1.54) is 18.2 Å². The molecular formula is C17H14O5S. The molecule has 1 aliphatic rings. The molecule has 0 amide bonds. The van der Waals surface area contributed by atoms with Gasteiger partial charge < -0.3 is 10.2 Å². The topological polar surface area (TPSA) is 91.7 Å². The van der Waals surface area contributed by atoms with Crippen molar-refractivity contribution in [2.24, 2.45) is 0 Å². The molecule has 0 aliphatic carbocycles. The zero-order valence-electron chi connectivity index (χ0n) is 12.0. The van der Waals surface area contributed by atoms with Crippen LogP contribution in [0.5, 0.6) is 0 Å². The van der Waals surface area contributed by atoms with Gasteiger partial charge in [0.2, 0.25) is 9.84 Å². The number of rotatable bonds is 3. The fraction of sp³-hybridized carbons (Fsp3) is 0.118. The van der Waals surface area contributed by atoms with Crippen molar-refractivity contribution < 1.29 is 23.4 Å². The maximum absolute atomic E-state index is 12.9. The van der Waals surface area contributed by atoms with Crippen molar-refractivity contribution in [3.8, 4) is 0 Å². The molecule has 2 N–H and O–H groups in total. The van der Waals surface area contributed by atoms with E-state index in [0.29, 0.717) is 5.56 Å². The van der Waals surface area contributed by atoms with E-state index in [-0.39, 0.29) is 16.0 Å². The number of aliphatic hydroxyl groups excluding tert-OH is 2. The van der Waals surface area contributed by atoms with Crippen LogP contribution in [0.3, 0.4) is 0 Å². The van der Waals surface area contributed by atoms with Crippen molar-refractivity contribution >= 4 is 21.2 Å². The number of carbonyl (C=O) groups excluding carboxylic acids is 1. The number of ketones is 1. The van der Waals surface area contributed by atoms with Gasteiger partial charge in [-0.2, -0.15) is 0 Å². The van der Waals surface area contributed by atoms with Crippen LogP contribution in [0, 0.1) is 0 Å². The number of fused-ring (bicyclic) bond motifs is 1. The maximum Gasteiger partial charge on any atom is 0.206 e. The smallest absolute Gasteiger partial charge is 0.206 e. The number of sulfone groups is 1. The Morgan fingerprint density at radius 3 is 2.22 bits per heavy atom. The van der Waals surface area contributed by atoms with Gasteiger partial charge in [0.25, 0.3) is 0 Å². The molecule has 2 aromatic rings. The lowest BCUT2D eigenvalue weighted by Crippen LogP contribution is -2.30. The van der Waals surface area contributed by atoms with Crippen LogP contribution in [0.25, 0.3) is 5.57 Å². The second kappa shape index (κ2) is 5.73. The number of aliphatic hydroxyl groups is 2. The lowest BCUT2D eigenvalue weighted by Gasteiger charge is -2.24. The van der Waals surface area contributed by atoms with E-state index in [1.807, 2.05) is 0 Å². The molecule has 5 nitrogen and oxygen atoms in total. The number of hydrogen-bond acceptors (Lipinski definition) is 5. The summed E-state index contributed by atoms with van der Waals surface area (Å²) >= 11 is 0. The SMILES string of the molecule is O=C1C(c2ccccc2)=C(C(O)CO)S(=O)(=O)c2ccccc21. The average molecular weight is 330 g/mol. The van der Waals surface area contributed by atoms with Crippen molar-refractivity contribution in [3.63, 3.8) is 0 Å². The summed E-state index contributed by atoms with van der Waals surface area (Å²) in [6, 6.07) is 14.2. The largest absolute Gasteiger partial charge is 0.393 e. The number of Topliss-reactive ketones (excluding diaryl/α,β-unsaturated/α-hetero) is 1. The molecule has 23 heavy (non-hydrogen) atoms. The van der Waals surface area contributed by atoms with Crippen LogP contribution >= 0.6 is 0 Å². The van der Waals surface area contributed by atoms with E-state index < -0.39 is 33.2 Å². The molecule has 118 valence electrons. The Morgan fingerprint density at radius 1 is 0.957 bits per heavy atom. The summed E-state index contributed by atoms with van der Waals surface area (Å²) in [4.78, 5) is 12.2. The van der Waals surface area contributed by atoms with Gasteiger partial charge in [-0.1, -0.05) is 42.5 Å². The average Bonchev–Trinajstić information content (AvgIpc) is 2.58. The first-order valence-corrected chi connectivity index (χ1v) is 8.44. The van der Waals surface area contributed by atoms with Gasteiger partial charge in [-0.15, -0.1) is 0 Å². The molecule has 3 rings (SSSR count). The molecule has 1 atom stereocenters. The van der Waals surface area contributed by atoms with Crippen LogP contribution in [0.1, 0.15) is 15.9 Å². The van der Waals surface area contributed by atoms with E-state index in [1.54, 1.807) is 36.4 Å². The van der Waals surface area contributed by atoms with Gasteiger partial charge in [-0.3, -0.25) is 4.79 Å². The fourth-order valence-corrected chi connectivity index (χ4v) is 4.55. The summed E-state index contributed by atoms with van der Waals surface area (Å²) in [7, 11) is -4.08. The van der Waals surface area contributed by atoms with Gasteiger partial charge in [0.1, 0.15) is 6.10 Å². The lowest BCUT2D eigenvalue weighted by atomic mass is 9.94. The summed E-state index contributed by atoms with van der Waals surface area (Å²) in [6.07, 6.45) is -1.66. The van der Waals surface area contributed by atoms with Crippen LogP contribution in [0.4, 0.5) is 0 Å². The van der Waals surface area contributed by atoms with Gasteiger partial charge in [0.15, 0.2) is 5.78 Å². The highest BCUT2D eigenvalue weighted by atomic mass is 32.2. The van der Waals surface area contributed by atoms with E-state index >= 15 is 0 Å². The molecule has 6 heteroatoms. The highest BCUT2D eigenvalue weighted by Crippen LogP contribution is 2.38. The molecule has 0 radical (unpaired) electrons. The third kappa shape index (κ3) is 2.41. The van der Waals surface area contributed by atoms with Crippen molar-refractivity contribution in [1.82, 2.24) is 0 Å². The standard InChI is InChI=1S/C17H14O5S/c18-10-13(19)17-15(11-6-2-1-3-7-11)16(20)12-8-4-5-9-14(12)23(17,21)22/h1-9,13,18-19H,10H2. The Kier molecular flexibility index (Phi) is 3.89. The normalized spacial score (nSPS) is 17.7. The van der Waals surface area contributed by atoms with Crippen molar-refractivity contribution in [3.05, 3.63) is 70.6 Å². The molecule has 0 fully saturated rings. The van der Waals surface area contributed by atoms with Crippen LogP contribution in [0.2, 0.25) is 0 Å². The summed E-state index contributed by atoms with van der Waals surface area (Å²) in [5, 5.41) is 19.3. The quantitative estimate of drug-likeness (QED) is 0.888. The molecule has 0 saturated heterocycles. The van der Waals surface area contributed by atoms with Crippen molar-refractivity contribution in [2.75, 3.05) is 6.61 Å². The molecule has 0 saturated carbocycles. The monoisotopic (exact) mass is 330 g/mol. The summed E-state index contributed by atoms with van der Waals surface area (Å²) in [5.41, 5.74) is 0.365. The minimum Gasteiger partial charge on any atom is -0.393 e. The number of hydrogen-bond donors (Lipinski definition) is 2. The Hall–Kier alpha value is -2.28. The Morgan fingerprint density at radius 2 is 1.57 bits per heavy atom. The van der Waals surface area contributed by atoms with Crippen LogP contribution < -0.4 is 0 Å². The highest BCUT2D eigenvalue weighted by molar-refractivity contribution is 7.95. The summed E-state index contributed by atoms with van der Waals surface area (Å²) < 4.78 is 25.7. The second-order valence-electron chi connectivity index (χ2n) is 5.13. The Balaban J connectivity index is 2.40. The maximum atomic E-state index is 12.9. The number of carbonyl (C=O) groups is 1. The molecule has 1 aliphatic heterocycles. The molecule has 1 heterocycles. The molecular weight excluding hydrogens is 316 g/mol. The second-order valence-corrected chi connectivity index (χ2v) is 7.02. The highest BCUT2D eigenvalue weighted by Gasteiger charge is 2.40. The zero-order valence-corrected chi connectivity index (χ0v) is 12.8.